The Kier molecular flexibility index (Phi) is 2.89. The fraction of sp³-hybridized carbons (Fsp3) is 0.500. The Hall–Kier alpha value is -1.85. The molecule has 0 bridgehead atoms. The molecule has 0 aromatic carbocycles. The van der Waals surface area contributed by atoms with Gasteiger partial charge in [0.25, 0.3) is 5.91 Å². The van der Waals surface area contributed by atoms with E-state index < -0.39 is 11.9 Å². The van der Waals surface area contributed by atoms with Crippen LogP contribution in [-0.4, -0.2) is 28.7 Å². The molecule has 1 aliphatic carbocycles. The Bertz CT molecular complexity index is 409. The van der Waals surface area contributed by atoms with Gasteiger partial charge >= 0.3 is 5.97 Å². The van der Waals surface area contributed by atoms with Crippen molar-refractivity contribution in [2.45, 2.75) is 19.3 Å². The first kappa shape index (κ1) is 10.7. The van der Waals surface area contributed by atoms with Gasteiger partial charge in [0.05, 0.1) is 0 Å². The number of hydrogen-bond acceptors (Lipinski definition) is 4. The first-order valence-corrected chi connectivity index (χ1v) is 5.15. The molecule has 0 spiro atoms. The van der Waals surface area contributed by atoms with Gasteiger partial charge in [0.15, 0.2) is 5.69 Å². The fourth-order valence-corrected chi connectivity index (χ4v) is 1.37. The van der Waals surface area contributed by atoms with E-state index in [9.17, 15) is 9.59 Å². The number of carboxylic acids is 1. The third-order valence-corrected chi connectivity index (χ3v) is 2.49. The van der Waals surface area contributed by atoms with E-state index in [1.54, 1.807) is 0 Å². The van der Waals surface area contributed by atoms with Gasteiger partial charge in [0.2, 0.25) is 5.76 Å². The monoisotopic (exact) mass is 224 g/mol. The average Bonchev–Trinajstić information content (AvgIpc) is 2.93. The van der Waals surface area contributed by atoms with Gasteiger partial charge in [-0.3, -0.25) is 4.79 Å². The molecular weight excluding hydrogens is 212 g/mol. The van der Waals surface area contributed by atoms with Gasteiger partial charge in [-0.15, -0.1) is 0 Å². The molecule has 0 aliphatic heterocycles. The van der Waals surface area contributed by atoms with Crippen molar-refractivity contribution in [3.8, 4) is 0 Å². The summed E-state index contributed by atoms with van der Waals surface area (Å²) < 4.78 is 4.48. The Balaban J connectivity index is 1.84. The summed E-state index contributed by atoms with van der Waals surface area (Å²) in [4.78, 5) is 21.9. The van der Waals surface area contributed by atoms with Crippen LogP contribution in [0.15, 0.2) is 10.6 Å². The predicted molar refractivity (Wildman–Crippen MR) is 53.1 cm³/mol. The molecule has 16 heavy (non-hydrogen) atoms. The van der Waals surface area contributed by atoms with E-state index in [0.717, 1.165) is 18.4 Å². The summed E-state index contributed by atoms with van der Waals surface area (Å²) in [5.74, 6) is -1.21. The lowest BCUT2D eigenvalue weighted by molar-refractivity contribution is 0.0651. The van der Waals surface area contributed by atoms with E-state index in [1.807, 2.05) is 0 Å². The maximum absolute atomic E-state index is 11.5. The second-order valence-corrected chi connectivity index (χ2v) is 3.87. The Morgan fingerprint density at radius 2 is 2.31 bits per heavy atom. The minimum atomic E-state index is -1.23. The molecule has 0 radical (unpaired) electrons. The van der Waals surface area contributed by atoms with Gasteiger partial charge in [-0.05, 0) is 12.3 Å². The summed E-state index contributed by atoms with van der Waals surface area (Å²) in [6.07, 6.45) is 3.45. The van der Waals surface area contributed by atoms with Crippen LogP contribution < -0.4 is 5.32 Å². The zero-order valence-electron chi connectivity index (χ0n) is 8.60. The number of nitrogens with zero attached hydrogens (tertiary/aromatic N) is 1. The number of aromatic carboxylic acids is 1. The van der Waals surface area contributed by atoms with E-state index in [2.05, 4.69) is 15.0 Å². The molecule has 1 amide bonds. The Morgan fingerprint density at radius 3 is 2.88 bits per heavy atom. The summed E-state index contributed by atoms with van der Waals surface area (Å²) in [5.41, 5.74) is 0.00759. The molecule has 1 aromatic heterocycles. The first-order valence-electron chi connectivity index (χ1n) is 5.15. The molecule has 0 saturated heterocycles. The molecule has 1 fully saturated rings. The van der Waals surface area contributed by atoms with Crippen LogP contribution in [0.5, 0.6) is 0 Å². The molecule has 1 saturated carbocycles. The predicted octanol–water partition coefficient (Wildman–Crippen LogP) is 0.903. The van der Waals surface area contributed by atoms with Crippen molar-refractivity contribution >= 4 is 11.9 Å². The maximum Gasteiger partial charge on any atom is 0.374 e. The van der Waals surface area contributed by atoms with Crippen LogP contribution in [-0.2, 0) is 0 Å². The highest BCUT2D eigenvalue weighted by Crippen LogP contribution is 2.31. The standard InChI is InChI=1S/C10H12N2O4/c13-9(11-4-3-6-1-2-6)7-5-8(10(14)15)16-12-7/h5-6H,1-4H2,(H,11,13)(H,14,15). The Labute approximate surface area is 91.6 Å². The number of carbonyl (C=O) groups is 2. The molecule has 6 nitrogen and oxygen atoms in total. The van der Waals surface area contributed by atoms with Gasteiger partial charge < -0.3 is 14.9 Å². The number of aromatic nitrogens is 1. The summed E-state index contributed by atoms with van der Waals surface area (Å²) in [6.45, 7) is 0.596. The lowest BCUT2D eigenvalue weighted by Crippen LogP contribution is -2.24. The van der Waals surface area contributed by atoms with Crippen LogP contribution in [0.3, 0.4) is 0 Å². The molecule has 0 unspecified atom stereocenters. The van der Waals surface area contributed by atoms with Crippen LogP contribution in [0.1, 0.15) is 40.3 Å². The third kappa shape index (κ3) is 2.59. The normalized spacial score (nSPS) is 14.8. The number of nitrogens with one attached hydrogen (secondary N) is 1. The van der Waals surface area contributed by atoms with Crippen LogP contribution in [0, 0.1) is 5.92 Å². The fourth-order valence-electron chi connectivity index (χ4n) is 1.37. The zero-order chi connectivity index (χ0) is 11.5. The SMILES string of the molecule is O=C(NCCC1CC1)c1cc(C(=O)O)on1. The van der Waals surface area contributed by atoms with Crippen molar-refractivity contribution in [1.82, 2.24) is 10.5 Å². The van der Waals surface area contributed by atoms with Crippen LogP contribution >= 0.6 is 0 Å². The highest BCUT2D eigenvalue weighted by Gasteiger charge is 2.21. The van der Waals surface area contributed by atoms with Gasteiger partial charge in [-0.2, -0.15) is 0 Å². The van der Waals surface area contributed by atoms with Crippen molar-refractivity contribution in [2.24, 2.45) is 5.92 Å². The summed E-state index contributed by atoms with van der Waals surface area (Å²) in [5, 5.41) is 14.6. The van der Waals surface area contributed by atoms with Crippen molar-refractivity contribution in [3.63, 3.8) is 0 Å². The number of amides is 1. The van der Waals surface area contributed by atoms with E-state index in [4.69, 9.17) is 5.11 Å². The largest absolute Gasteiger partial charge is 0.475 e. The smallest absolute Gasteiger partial charge is 0.374 e. The van der Waals surface area contributed by atoms with Gasteiger partial charge in [-0.1, -0.05) is 18.0 Å². The number of carbonyl (C=O) groups excluding carboxylic acids is 1. The molecule has 0 atom stereocenters. The van der Waals surface area contributed by atoms with E-state index >= 15 is 0 Å². The van der Waals surface area contributed by atoms with Gasteiger partial charge in [0, 0.05) is 12.6 Å². The minimum Gasteiger partial charge on any atom is -0.475 e. The molecule has 1 aromatic rings. The first-order chi connectivity index (χ1) is 7.66. The van der Waals surface area contributed by atoms with Crippen molar-refractivity contribution in [2.75, 3.05) is 6.54 Å². The van der Waals surface area contributed by atoms with E-state index in [1.165, 1.54) is 12.8 Å². The Morgan fingerprint density at radius 1 is 1.56 bits per heavy atom. The molecular formula is C10H12N2O4. The van der Waals surface area contributed by atoms with Crippen molar-refractivity contribution < 1.29 is 19.2 Å². The van der Waals surface area contributed by atoms with Crippen LogP contribution in [0.2, 0.25) is 0 Å². The maximum atomic E-state index is 11.5. The van der Waals surface area contributed by atoms with Gasteiger partial charge in [0.1, 0.15) is 0 Å². The zero-order valence-corrected chi connectivity index (χ0v) is 8.60. The molecule has 1 heterocycles. The lowest BCUT2D eigenvalue weighted by atomic mass is 10.3. The third-order valence-electron chi connectivity index (χ3n) is 2.49. The molecule has 2 N–H and O–H groups in total. The second kappa shape index (κ2) is 4.34. The molecule has 86 valence electrons. The van der Waals surface area contributed by atoms with Crippen LogP contribution in [0.25, 0.3) is 0 Å². The highest BCUT2D eigenvalue weighted by molar-refractivity contribution is 5.94. The number of rotatable bonds is 5. The summed E-state index contributed by atoms with van der Waals surface area (Å²) in [6, 6.07) is 1.12. The molecule has 6 heteroatoms. The molecule has 2 rings (SSSR count). The van der Waals surface area contributed by atoms with Crippen molar-refractivity contribution in [3.05, 3.63) is 17.5 Å². The van der Waals surface area contributed by atoms with E-state index in [-0.39, 0.29) is 11.5 Å². The van der Waals surface area contributed by atoms with Crippen molar-refractivity contribution in [1.29, 1.82) is 0 Å². The lowest BCUT2D eigenvalue weighted by Gasteiger charge is -2.00. The van der Waals surface area contributed by atoms with Gasteiger partial charge in [-0.25, -0.2) is 4.79 Å². The summed E-state index contributed by atoms with van der Waals surface area (Å²) in [7, 11) is 0. The summed E-state index contributed by atoms with van der Waals surface area (Å²) >= 11 is 0. The quantitative estimate of drug-likeness (QED) is 0.775. The highest BCUT2D eigenvalue weighted by atomic mass is 16.5. The topological polar surface area (TPSA) is 92.4 Å². The average molecular weight is 224 g/mol. The minimum absolute atomic E-state index is 0.00759. The number of hydrogen-bond donors (Lipinski definition) is 2. The van der Waals surface area contributed by atoms with E-state index in [0.29, 0.717) is 6.54 Å². The molecule has 1 aliphatic rings. The number of carboxylic acid groups (broad SMARTS) is 1. The van der Waals surface area contributed by atoms with Crippen LogP contribution in [0.4, 0.5) is 0 Å². The second-order valence-electron chi connectivity index (χ2n) is 3.87.